The Morgan fingerprint density at radius 2 is 2.30 bits per heavy atom. The number of rotatable bonds is 4. The number of pyridine rings is 1. The summed E-state index contributed by atoms with van der Waals surface area (Å²) in [7, 11) is 1.89. The van der Waals surface area contributed by atoms with Crippen LogP contribution in [0.15, 0.2) is 22.7 Å². The second-order valence-electron chi connectivity index (χ2n) is 5.64. The lowest BCUT2D eigenvalue weighted by Gasteiger charge is -2.27. The van der Waals surface area contributed by atoms with Crippen LogP contribution < -0.4 is 9.80 Å². The van der Waals surface area contributed by atoms with E-state index in [1.165, 1.54) is 6.20 Å². The third-order valence-corrected chi connectivity index (χ3v) is 3.88. The molecular formula is C15H17FN6O. The molecule has 1 aliphatic heterocycles. The van der Waals surface area contributed by atoms with Gasteiger partial charge in [-0.25, -0.2) is 9.37 Å². The molecule has 3 heterocycles. The molecule has 0 saturated carbocycles. The van der Waals surface area contributed by atoms with Crippen LogP contribution in [0.4, 0.5) is 16.2 Å². The Labute approximate surface area is 133 Å². The Balaban J connectivity index is 1.73. The SMILES string of the molecule is Cc1nnc(N2C[C@@H](F)C[C@H]2CN(C)c2ccc(C#N)cn2)o1. The summed E-state index contributed by atoms with van der Waals surface area (Å²) in [5.41, 5.74) is 0.509. The fourth-order valence-electron chi connectivity index (χ4n) is 2.76. The second-order valence-corrected chi connectivity index (χ2v) is 5.64. The molecule has 3 rings (SSSR count). The first-order valence-corrected chi connectivity index (χ1v) is 7.35. The van der Waals surface area contributed by atoms with Crippen LogP contribution in [-0.4, -0.2) is 47.5 Å². The first-order chi connectivity index (χ1) is 11.1. The van der Waals surface area contributed by atoms with Gasteiger partial charge >= 0.3 is 6.01 Å². The monoisotopic (exact) mass is 316 g/mol. The molecule has 0 spiro atoms. The molecule has 120 valence electrons. The van der Waals surface area contributed by atoms with E-state index in [0.717, 1.165) is 5.82 Å². The van der Waals surface area contributed by atoms with E-state index in [9.17, 15) is 4.39 Å². The van der Waals surface area contributed by atoms with Crippen molar-refractivity contribution in [3.63, 3.8) is 0 Å². The fraction of sp³-hybridized carbons (Fsp3) is 0.467. The molecule has 0 amide bonds. The van der Waals surface area contributed by atoms with Crippen molar-refractivity contribution in [3.05, 3.63) is 29.8 Å². The summed E-state index contributed by atoms with van der Waals surface area (Å²) in [6.45, 7) is 2.53. The predicted molar refractivity (Wildman–Crippen MR) is 81.9 cm³/mol. The van der Waals surface area contributed by atoms with Gasteiger partial charge in [0.2, 0.25) is 5.89 Å². The van der Waals surface area contributed by atoms with Crippen molar-refractivity contribution < 1.29 is 8.81 Å². The molecule has 8 heteroatoms. The normalized spacial score (nSPS) is 20.5. The van der Waals surface area contributed by atoms with Gasteiger partial charge in [-0.2, -0.15) is 5.26 Å². The Bertz CT molecular complexity index is 710. The van der Waals surface area contributed by atoms with Gasteiger partial charge in [0.15, 0.2) is 0 Å². The van der Waals surface area contributed by atoms with E-state index in [2.05, 4.69) is 15.2 Å². The summed E-state index contributed by atoms with van der Waals surface area (Å²) >= 11 is 0. The average molecular weight is 316 g/mol. The minimum atomic E-state index is -0.922. The number of anilines is 2. The Hall–Kier alpha value is -2.69. The number of nitrogens with zero attached hydrogens (tertiary/aromatic N) is 6. The van der Waals surface area contributed by atoms with E-state index in [4.69, 9.17) is 9.68 Å². The number of hydrogen-bond acceptors (Lipinski definition) is 7. The van der Waals surface area contributed by atoms with Crippen molar-refractivity contribution in [2.75, 3.05) is 29.9 Å². The largest absolute Gasteiger partial charge is 0.408 e. The van der Waals surface area contributed by atoms with Crippen LogP contribution in [0, 0.1) is 18.3 Å². The summed E-state index contributed by atoms with van der Waals surface area (Å²) in [6, 6.07) is 5.81. The quantitative estimate of drug-likeness (QED) is 0.849. The summed E-state index contributed by atoms with van der Waals surface area (Å²) in [5, 5.41) is 16.6. The average Bonchev–Trinajstić information content (AvgIpc) is 3.13. The van der Waals surface area contributed by atoms with Crippen LogP contribution >= 0.6 is 0 Å². The molecule has 1 aliphatic rings. The highest BCUT2D eigenvalue weighted by atomic mass is 19.1. The maximum atomic E-state index is 13.9. The standard InChI is InChI=1S/C15H17FN6O/c1-10-19-20-15(23-10)22-8-12(16)5-13(22)9-21(2)14-4-3-11(6-17)7-18-14/h3-4,7,12-13H,5,8-9H2,1-2H3/t12-,13-/m0/s1. The van der Waals surface area contributed by atoms with Gasteiger partial charge in [-0.1, -0.05) is 5.10 Å². The van der Waals surface area contributed by atoms with Gasteiger partial charge in [0.1, 0.15) is 18.1 Å². The van der Waals surface area contributed by atoms with Crippen molar-refractivity contribution >= 4 is 11.8 Å². The van der Waals surface area contributed by atoms with Crippen LogP contribution in [0.25, 0.3) is 0 Å². The molecule has 0 aromatic carbocycles. The maximum Gasteiger partial charge on any atom is 0.318 e. The minimum absolute atomic E-state index is 0.0766. The lowest BCUT2D eigenvalue weighted by Crippen LogP contribution is -2.39. The Morgan fingerprint density at radius 3 is 2.91 bits per heavy atom. The fourth-order valence-corrected chi connectivity index (χ4v) is 2.76. The first kappa shape index (κ1) is 15.2. The molecule has 23 heavy (non-hydrogen) atoms. The lowest BCUT2D eigenvalue weighted by atomic mass is 10.2. The van der Waals surface area contributed by atoms with Crippen LogP contribution in [0.3, 0.4) is 0 Å². The zero-order chi connectivity index (χ0) is 16.4. The molecule has 2 atom stereocenters. The Morgan fingerprint density at radius 1 is 1.48 bits per heavy atom. The number of alkyl halides is 1. The zero-order valence-electron chi connectivity index (χ0n) is 13.0. The van der Waals surface area contributed by atoms with Gasteiger partial charge < -0.3 is 14.2 Å². The van der Waals surface area contributed by atoms with Gasteiger partial charge in [0.05, 0.1) is 18.2 Å². The molecule has 0 unspecified atom stereocenters. The van der Waals surface area contributed by atoms with Crippen LogP contribution in [0.5, 0.6) is 0 Å². The number of hydrogen-bond donors (Lipinski definition) is 0. The molecule has 0 aliphatic carbocycles. The Kier molecular flexibility index (Phi) is 4.10. The first-order valence-electron chi connectivity index (χ1n) is 7.35. The summed E-state index contributed by atoms with van der Waals surface area (Å²) in [5.74, 6) is 1.19. The summed E-state index contributed by atoms with van der Waals surface area (Å²) in [4.78, 5) is 7.99. The highest BCUT2D eigenvalue weighted by Crippen LogP contribution is 2.27. The molecule has 2 aromatic rings. The maximum absolute atomic E-state index is 13.9. The second kappa shape index (κ2) is 6.20. The molecule has 0 N–H and O–H groups in total. The van der Waals surface area contributed by atoms with E-state index in [1.54, 1.807) is 19.1 Å². The van der Waals surface area contributed by atoms with Crippen molar-refractivity contribution in [3.8, 4) is 6.07 Å². The van der Waals surface area contributed by atoms with E-state index in [-0.39, 0.29) is 12.6 Å². The molecule has 7 nitrogen and oxygen atoms in total. The van der Waals surface area contributed by atoms with Crippen LogP contribution in [0.2, 0.25) is 0 Å². The van der Waals surface area contributed by atoms with Gasteiger partial charge in [-0.15, -0.1) is 5.10 Å². The van der Waals surface area contributed by atoms with Gasteiger partial charge in [0, 0.05) is 33.1 Å². The third kappa shape index (κ3) is 3.23. The zero-order valence-corrected chi connectivity index (χ0v) is 13.0. The highest BCUT2D eigenvalue weighted by molar-refractivity contribution is 5.42. The number of halogens is 1. The van der Waals surface area contributed by atoms with Gasteiger partial charge in [-0.3, -0.25) is 0 Å². The van der Waals surface area contributed by atoms with E-state index >= 15 is 0 Å². The van der Waals surface area contributed by atoms with Gasteiger partial charge in [0.25, 0.3) is 0 Å². The van der Waals surface area contributed by atoms with E-state index in [0.29, 0.717) is 30.4 Å². The van der Waals surface area contributed by atoms with Crippen molar-refractivity contribution in [2.24, 2.45) is 0 Å². The molecular weight excluding hydrogens is 299 g/mol. The van der Waals surface area contributed by atoms with Crippen molar-refractivity contribution in [1.29, 1.82) is 5.26 Å². The number of likely N-dealkylation sites (N-methyl/N-ethyl adjacent to an activating group) is 1. The number of aryl methyl sites for hydroxylation is 1. The number of aromatic nitrogens is 3. The predicted octanol–water partition coefficient (Wildman–Crippen LogP) is 1.70. The lowest BCUT2D eigenvalue weighted by molar-refractivity contribution is 0.356. The molecule has 2 aromatic heterocycles. The minimum Gasteiger partial charge on any atom is -0.408 e. The van der Waals surface area contributed by atoms with Crippen LogP contribution in [-0.2, 0) is 0 Å². The molecule has 0 radical (unpaired) electrons. The van der Waals surface area contributed by atoms with Crippen LogP contribution in [0.1, 0.15) is 17.9 Å². The molecule has 1 saturated heterocycles. The van der Waals surface area contributed by atoms with E-state index in [1.807, 2.05) is 22.9 Å². The smallest absolute Gasteiger partial charge is 0.318 e. The van der Waals surface area contributed by atoms with Crippen molar-refractivity contribution in [1.82, 2.24) is 15.2 Å². The highest BCUT2D eigenvalue weighted by Gasteiger charge is 2.35. The topological polar surface area (TPSA) is 82.1 Å². The summed E-state index contributed by atoms with van der Waals surface area (Å²) < 4.78 is 19.3. The van der Waals surface area contributed by atoms with Gasteiger partial charge in [-0.05, 0) is 12.1 Å². The number of nitriles is 1. The molecule has 0 bridgehead atoms. The summed E-state index contributed by atoms with van der Waals surface area (Å²) in [6.07, 6.45) is 1.01. The third-order valence-electron chi connectivity index (χ3n) is 3.88. The van der Waals surface area contributed by atoms with E-state index < -0.39 is 6.17 Å². The molecule has 1 fully saturated rings. The van der Waals surface area contributed by atoms with Crippen molar-refractivity contribution in [2.45, 2.75) is 25.6 Å².